The molecule has 1 amide bonds. The highest BCUT2D eigenvalue weighted by Gasteiger charge is 2.30. The summed E-state index contributed by atoms with van der Waals surface area (Å²) >= 11 is 0. The Labute approximate surface area is 168 Å². The van der Waals surface area contributed by atoms with E-state index in [-0.39, 0.29) is 23.2 Å². The van der Waals surface area contributed by atoms with Crippen LogP contribution in [0.15, 0.2) is 23.1 Å². The van der Waals surface area contributed by atoms with E-state index in [0.29, 0.717) is 43.5 Å². The quantitative estimate of drug-likeness (QED) is 0.674. The summed E-state index contributed by atoms with van der Waals surface area (Å²) in [5.41, 5.74) is 6.30. The molecule has 154 valence electrons. The van der Waals surface area contributed by atoms with Crippen LogP contribution in [-0.4, -0.2) is 44.4 Å². The highest BCUT2D eigenvalue weighted by atomic mass is 35.5. The van der Waals surface area contributed by atoms with Gasteiger partial charge in [-0.2, -0.15) is 4.31 Å². The van der Waals surface area contributed by atoms with E-state index in [1.165, 1.54) is 10.4 Å². The lowest BCUT2D eigenvalue weighted by atomic mass is 10.0. The zero-order valence-corrected chi connectivity index (χ0v) is 17.7. The van der Waals surface area contributed by atoms with Crippen molar-refractivity contribution in [3.05, 3.63) is 18.2 Å². The number of halogens is 1. The smallest absolute Gasteiger partial charge is 0.246 e. The van der Waals surface area contributed by atoms with E-state index >= 15 is 0 Å². The highest BCUT2D eigenvalue weighted by Crippen LogP contribution is 2.31. The number of nitrogens with one attached hydrogen (secondary N) is 1. The molecule has 0 radical (unpaired) electrons. The van der Waals surface area contributed by atoms with Crippen molar-refractivity contribution in [2.24, 2.45) is 11.7 Å². The maximum Gasteiger partial charge on any atom is 0.246 e. The number of hydrogen-bond donors (Lipinski definition) is 2. The number of carbonyl (C=O) groups excluding carboxylic acids is 1. The number of rotatable bonds is 8. The second kappa shape index (κ2) is 10.3. The Bertz CT molecular complexity index is 734. The fourth-order valence-corrected chi connectivity index (χ4v) is 4.65. The standard InChI is InChI=1S/C18H29N3O4S.ClH/c1-4-25-16-8-7-14(20-18(22)15(19)11-13(2)3)12-17(16)26(23,24)21-9-5-6-10-21;/h7-8,12-13,15H,4-6,9-11,19H2,1-3H3,(H,20,22);1H/t15-;/m0./s1. The number of nitrogens with zero attached hydrogens (tertiary/aromatic N) is 1. The number of sulfonamides is 1. The summed E-state index contributed by atoms with van der Waals surface area (Å²) < 4.78 is 32.9. The molecule has 1 heterocycles. The molecule has 1 aliphatic rings. The van der Waals surface area contributed by atoms with Gasteiger partial charge in [0.1, 0.15) is 10.6 Å². The summed E-state index contributed by atoms with van der Waals surface area (Å²) in [6, 6.07) is 4.03. The number of carbonyl (C=O) groups is 1. The Morgan fingerprint density at radius 1 is 1.30 bits per heavy atom. The molecule has 1 aliphatic heterocycles. The van der Waals surface area contributed by atoms with Crippen molar-refractivity contribution in [3.63, 3.8) is 0 Å². The van der Waals surface area contributed by atoms with Crippen LogP contribution in [0.4, 0.5) is 5.69 Å². The summed E-state index contributed by atoms with van der Waals surface area (Å²) in [6.45, 7) is 7.14. The molecule has 1 aromatic rings. The predicted octanol–water partition coefficient (Wildman–Crippen LogP) is 2.60. The molecule has 3 N–H and O–H groups in total. The predicted molar refractivity (Wildman–Crippen MR) is 109 cm³/mol. The lowest BCUT2D eigenvalue weighted by molar-refractivity contribution is -0.117. The van der Waals surface area contributed by atoms with Crippen molar-refractivity contribution in [1.82, 2.24) is 4.31 Å². The van der Waals surface area contributed by atoms with Crippen LogP contribution in [0.1, 0.15) is 40.0 Å². The summed E-state index contributed by atoms with van der Waals surface area (Å²) in [5, 5.41) is 2.72. The maximum atomic E-state index is 13.0. The van der Waals surface area contributed by atoms with Gasteiger partial charge >= 0.3 is 0 Å². The molecule has 1 aromatic carbocycles. The van der Waals surface area contributed by atoms with Gasteiger partial charge in [0, 0.05) is 18.8 Å². The van der Waals surface area contributed by atoms with Crippen LogP contribution >= 0.6 is 12.4 Å². The van der Waals surface area contributed by atoms with Crippen molar-refractivity contribution in [2.45, 2.75) is 51.0 Å². The van der Waals surface area contributed by atoms with Gasteiger partial charge in [0.2, 0.25) is 15.9 Å². The third kappa shape index (κ3) is 6.07. The SMILES string of the molecule is CCOc1ccc(NC(=O)[C@@H](N)CC(C)C)cc1S(=O)(=O)N1CCCC1.Cl. The van der Waals surface area contributed by atoms with Crippen LogP contribution < -0.4 is 15.8 Å². The minimum atomic E-state index is -3.66. The monoisotopic (exact) mass is 419 g/mol. The normalized spacial score (nSPS) is 16.0. The van der Waals surface area contributed by atoms with Gasteiger partial charge in [-0.3, -0.25) is 4.79 Å². The van der Waals surface area contributed by atoms with Crippen molar-refractivity contribution >= 4 is 34.0 Å². The molecule has 2 rings (SSSR count). The Morgan fingerprint density at radius 2 is 1.93 bits per heavy atom. The van der Waals surface area contributed by atoms with Crippen LogP contribution in [-0.2, 0) is 14.8 Å². The highest BCUT2D eigenvalue weighted by molar-refractivity contribution is 7.89. The second-order valence-corrected chi connectivity index (χ2v) is 8.84. The average Bonchev–Trinajstić information content (AvgIpc) is 3.11. The van der Waals surface area contributed by atoms with Gasteiger partial charge in [0.25, 0.3) is 0 Å². The molecule has 0 aromatic heterocycles. The fraction of sp³-hybridized carbons (Fsp3) is 0.611. The van der Waals surface area contributed by atoms with Crippen molar-refractivity contribution < 1.29 is 17.9 Å². The molecule has 0 bridgehead atoms. The minimum absolute atomic E-state index is 0. The van der Waals surface area contributed by atoms with Crippen molar-refractivity contribution in [3.8, 4) is 5.75 Å². The van der Waals surface area contributed by atoms with E-state index in [0.717, 1.165) is 12.8 Å². The maximum absolute atomic E-state index is 13.0. The second-order valence-electron chi connectivity index (χ2n) is 6.93. The first-order valence-corrected chi connectivity index (χ1v) is 10.5. The van der Waals surface area contributed by atoms with Gasteiger partial charge in [-0.1, -0.05) is 13.8 Å². The van der Waals surface area contributed by atoms with Gasteiger partial charge in [-0.25, -0.2) is 8.42 Å². The topological polar surface area (TPSA) is 102 Å². The molecule has 7 nitrogen and oxygen atoms in total. The van der Waals surface area contributed by atoms with Crippen LogP contribution in [0.5, 0.6) is 5.75 Å². The molecule has 1 atom stereocenters. The number of nitrogens with two attached hydrogens (primary N) is 1. The van der Waals surface area contributed by atoms with E-state index in [9.17, 15) is 13.2 Å². The number of hydrogen-bond acceptors (Lipinski definition) is 5. The zero-order chi connectivity index (χ0) is 19.3. The van der Waals surface area contributed by atoms with E-state index < -0.39 is 16.1 Å². The third-order valence-electron chi connectivity index (χ3n) is 4.26. The summed E-state index contributed by atoms with van der Waals surface area (Å²) in [6.07, 6.45) is 2.26. The van der Waals surface area contributed by atoms with Crippen LogP contribution in [0.2, 0.25) is 0 Å². The average molecular weight is 420 g/mol. The third-order valence-corrected chi connectivity index (χ3v) is 6.18. The molecular weight excluding hydrogens is 390 g/mol. The van der Waals surface area contributed by atoms with E-state index in [1.54, 1.807) is 19.1 Å². The minimum Gasteiger partial charge on any atom is -0.492 e. The molecule has 27 heavy (non-hydrogen) atoms. The fourth-order valence-electron chi connectivity index (χ4n) is 2.98. The van der Waals surface area contributed by atoms with Crippen molar-refractivity contribution in [1.29, 1.82) is 0 Å². The molecule has 0 aliphatic carbocycles. The van der Waals surface area contributed by atoms with Crippen LogP contribution in [0, 0.1) is 5.92 Å². The van der Waals surface area contributed by atoms with Gasteiger partial charge in [-0.05, 0) is 50.3 Å². The number of anilines is 1. The number of benzene rings is 1. The first-order chi connectivity index (χ1) is 12.3. The van der Waals surface area contributed by atoms with Crippen molar-refractivity contribution in [2.75, 3.05) is 25.0 Å². The Morgan fingerprint density at radius 3 is 2.48 bits per heavy atom. The van der Waals surface area contributed by atoms with E-state index in [1.807, 2.05) is 13.8 Å². The molecule has 0 unspecified atom stereocenters. The molecular formula is C18H30ClN3O4S. The van der Waals surface area contributed by atoms with Gasteiger partial charge in [-0.15, -0.1) is 12.4 Å². The van der Waals surface area contributed by atoms with E-state index in [2.05, 4.69) is 5.32 Å². The van der Waals surface area contributed by atoms with Gasteiger partial charge < -0.3 is 15.8 Å². The largest absolute Gasteiger partial charge is 0.492 e. The molecule has 0 saturated carbocycles. The molecule has 1 fully saturated rings. The van der Waals surface area contributed by atoms with Crippen LogP contribution in [0.25, 0.3) is 0 Å². The van der Waals surface area contributed by atoms with Crippen LogP contribution in [0.3, 0.4) is 0 Å². The summed E-state index contributed by atoms with van der Waals surface area (Å²) in [5.74, 6) is 0.262. The molecule has 9 heteroatoms. The lowest BCUT2D eigenvalue weighted by Crippen LogP contribution is -2.36. The zero-order valence-electron chi connectivity index (χ0n) is 16.1. The first-order valence-electron chi connectivity index (χ1n) is 9.09. The Balaban J connectivity index is 0.00000364. The summed E-state index contributed by atoms with van der Waals surface area (Å²) in [4.78, 5) is 12.3. The number of amides is 1. The van der Waals surface area contributed by atoms with Gasteiger partial charge in [0.15, 0.2) is 0 Å². The summed E-state index contributed by atoms with van der Waals surface area (Å²) in [7, 11) is -3.66. The Kier molecular flexibility index (Phi) is 9.01. The first kappa shape index (κ1) is 23.7. The Hall–Kier alpha value is -1.35. The van der Waals surface area contributed by atoms with E-state index in [4.69, 9.17) is 10.5 Å². The van der Waals surface area contributed by atoms with Gasteiger partial charge in [0.05, 0.1) is 12.6 Å². The molecule has 0 spiro atoms. The lowest BCUT2D eigenvalue weighted by Gasteiger charge is -2.19. The number of ether oxygens (including phenoxy) is 1. The molecule has 1 saturated heterocycles.